The van der Waals surface area contributed by atoms with Crippen molar-refractivity contribution in [2.24, 2.45) is 0 Å². The molecule has 0 aliphatic rings. The van der Waals surface area contributed by atoms with Crippen LogP contribution in [0, 0.1) is 12.7 Å². The molecule has 0 aliphatic heterocycles. The van der Waals surface area contributed by atoms with Crippen molar-refractivity contribution in [3.8, 4) is 11.4 Å². The van der Waals surface area contributed by atoms with Gasteiger partial charge in [0, 0.05) is 48.8 Å². The Hall–Kier alpha value is -4.13. The summed E-state index contributed by atoms with van der Waals surface area (Å²) < 4.78 is 13.4. The molecule has 0 unspecified atom stereocenters. The number of hydrogen-bond acceptors (Lipinski definition) is 5. The van der Waals surface area contributed by atoms with E-state index in [-0.39, 0.29) is 11.7 Å². The molecule has 1 N–H and O–H groups in total. The number of benzene rings is 2. The number of carbonyl (C=O) groups is 1. The SMILES string of the molecule is CCN(c1cccc(C)c1)c1nc(-c2ccc(F)cc2)ncc1C(=O)NCCc1ccccn1. The van der Waals surface area contributed by atoms with Crippen molar-refractivity contribution in [1.29, 1.82) is 0 Å². The van der Waals surface area contributed by atoms with Crippen molar-refractivity contribution in [3.63, 3.8) is 0 Å². The van der Waals surface area contributed by atoms with Gasteiger partial charge in [-0.25, -0.2) is 14.4 Å². The predicted molar refractivity (Wildman–Crippen MR) is 132 cm³/mol. The number of nitrogens with zero attached hydrogens (tertiary/aromatic N) is 4. The fourth-order valence-corrected chi connectivity index (χ4v) is 3.67. The fraction of sp³-hybridized carbons (Fsp3) is 0.185. The topological polar surface area (TPSA) is 71.0 Å². The van der Waals surface area contributed by atoms with E-state index in [2.05, 4.69) is 15.3 Å². The maximum atomic E-state index is 13.4. The van der Waals surface area contributed by atoms with Crippen molar-refractivity contribution >= 4 is 17.4 Å². The first-order chi connectivity index (χ1) is 16.5. The number of aromatic nitrogens is 3. The lowest BCUT2D eigenvalue weighted by Gasteiger charge is -2.25. The first-order valence-electron chi connectivity index (χ1n) is 11.2. The molecule has 2 heterocycles. The highest BCUT2D eigenvalue weighted by Gasteiger charge is 2.21. The summed E-state index contributed by atoms with van der Waals surface area (Å²) in [6.45, 7) is 5.06. The molecule has 0 saturated carbocycles. The van der Waals surface area contributed by atoms with Gasteiger partial charge >= 0.3 is 0 Å². The minimum Gasteiger partial charge on any atom is -0.351 e. The van der Waals surface area contributed by atoms with Crippen LogP contribution in [-0.4, -0.2) is 33.9 Å². The lowest BCUT2D eigenvalue weighted by molar-refractivity contribution is 0.0954. The summed E-state index contributed by atoms with van der Waals surface area (Å²) in [7, 11) is 0. The van der Waals surface area contributed by atoms with Crippen LogP contribution in [0.25, 0.3) is 11.4 Å². The second-order valence-corrected chi connectivity index (χ2v) is 7.85. The highest BCUT2D eigenvalue weighted by atomic mass is 19.1. The number of halogens is 1. The molecule has 0 fully saturated rings. The van der Waals surface area contributed by atoms with Gasteiger partial charge < -0.3 is 10.2 Å². The number of rotatable bonds is 8. The summed E-state index contributed by atoms with van der Waals surface area (Å²) >= 11 is 0. The number of aryl methyl sites for hydroxylation is 1. The van der Waals surface area contributed by atoms with Gasteiger partial charge in [0.15, 0.2) is 5.82 Å². The molecule has 34 heavy (non-hydrogen) atoms. The van der Waals surface area contributed by atoms with Crippen LogP contribution in [0.15, 0.2) is 79.1 Å². The van der Waals surface area contributed by atoms with Crippen LogP contribution < -0.4 is 10.2 Å². The third-order valence-corrected chi connectivity index (χ3v) is 5.39. The molecule has 0 atom stereocenters. The van der Waals surface area contributed by atoms with Crippen LogP contribution in [0.4, 0.5) is 15.9 Å². The van der Waals surface area contributed by atoms with Gasteiger partial charge in [0.25, 0.3) is 5.91 Å². The first kappa shape index (κ1) is 23.0. The van der Waals surface area contributed by atoms with E-state index in [0.29, 0.717) is 42.3 Å². The van der Waals surface area contributed by atoms with E-state index < -0.39 is 0 Å². The second kappa shape index (κ2) is 10.7. The zero-order valence-electron chi connectivity index (χ0n) is 19.2. The fourth-order valence-electron chi connectivity index (χ4n) is 3.67. The van der Waals surface area contributed by atoms with Gasteiger partial charge in [-0.05, 0) is 67.9 Å². The third-order valence-electron chi connectivity index (χ3n) is 5.39. The number of hydrogen-bond donors (Lipinski definition) is 1. The van der Waals surface area contributed by atoms with Crippen molar-refractivity contribution in [2.45, 2.75) is 20.3 Å². The van der Waals surface area contributed by atoms with Crippen LogP contribution in [-0.2, 0) is 6.42 Å². The lowest BCUT2D eigenvalue weighted by Crippen LogP contribution is -2.29. The van der Waals surface area contributed by atoms with Crippen molar-refractivity contribution in [2.75, 3.05) is 18.0 Å². The normalized spacial score (nSPS) is 10.7. The average molecular weight is 456 g/mol. The van der Waals surface area contributed by atoms with Gasteiger partial charge in [-0.1, -0.05) is 18.2 Å². The Morgan fingerprint density at radius 3 is 2.56 bits per heavy atom. The predicted octanol–water partition coefficient (Wildman–Crippen LogP) is 5.12. The molecule has 0 bridgehead atoms. The number of anilines is 2. The maximum absolute atomic E-state index is 13.4. The summed E-state index contributed by atoms with van der Waals surface area (Å²) in [6.07, 6.45) is 3.89. The molecule has 4 rings (SSSR count). The van der Waals surface area contributed by atoms with E-state index in [0.717, 1.165) is 16.9 Å². The summed E-state index contributed by atoms with van der Waals surface area (Å²) in [4.78, 5) is 28.6. The minimum absolute atomic E-state index is 0.261. The number of pyridine rings is 1. The third kappa shape index (κ3) is 5.43. The van der Waals surface area contributed by atoms with E-state index >= 15 is 0 Å². The largest absolute Gasteiger partial charge is 0.351 e. The highest BCUT2D eigenvalue weighted by molar-refractivity contribution is 5.99. The van der Waals surface area contributed by atoms with Crippen molar-refractivity contribution in [1.82, 2.24) is 20.3 Å². The molecule has 6 nitrogen and oxygen atoms in total. The number of amides is 1. The van der Waals surface area contributed by atoms with Crippen LogP contribution in [0.5, 0.6) is 0 Å². The lowest BCUT2D eigenvalue weighted by atomic mass is 10.1. The Balaban J connectivity index is 1.68. The van der Waals surface area contributed by atoms with Gasteiger partial charge in [0.1, 0.15) is 17.2 Å². The quantitative estimate of drug-likeness (QED) is 0.399. The Morgan fingerprint density at radius 2 is 1.85 bits per heavy atom. The molecular formula is C27H26FN5O. The molecule has 0 spiro atoms. The monoisotopic (exact) mass is 455 g/mol. The van der Waals surface area contributed by atoms with Crippen LogP contribution >= 0.6 is 0 Å². The first-order valence-corrected chi connectivity index (χ1v) is 11.2. The Labute approximate surface area is 198 Å². The standard InChI is InChI=1S/C27H26FN5O/c1-3-33(23-9-6-7-19(2)17-23)26-24(27(34)30-16-14-22-8-4-5-15-29-22)18-31-25(32-26)20-10-12-21(28)13-11-20/h4-13,15,17-18H,3,14,16H2,1-2H3,(H,30,34). The summed E-state index contributed by atoms with van der Waals surface area (Å²) in [5, 5.41) is 2.96. The molecular weight excluding hydrogens is 429 g/mol. The molecule has 172 valence electrons. The molecule has 7 heteroatoms. The van der Waals surface area contributed by atoms with Crippen molar-refractivity contribution < 1.29 is 9.18 Å². The second-order valence-electron chi connectivity index (χ2n) is 7.85. The number of carbonyl (C=O) groups excluding carboxylic acids is 1. The van der Waals surface area contributed by atoms with Crippen LogP contribution in [0.2, 0.25) is 0 Å². The van der Waals surface area contributed by atoms with Gasteiger partial charge in [0.2, 0.25) is 0 Å². The zero-order valence-corrected chi connectivity index (χ0v) is 19.2. The molecule has 1 amide bonds. The van der Waals surface area contributed by atoms with Crippen LogP contribution in [0.3, 0.4) is 0 Å². The Kier molecular flexibility index (Phi) is 7.22. The van der Waals surface area contributed by atoms with Gasteiger partial charge in [-0.2, -0.15) is 0 Å². The Morgan fingerprint density at radius 1 is 1.03 bits per heavy atom. The zero-order chi connectivity index (χ0) is 23.9. The van der Waals surface area contributed by atoms with E-state index in [1.807, 2.05) is 61.2 Å². The molecule has 2 aromatic heterocycles. The average Bonchev–Trinajstić information content (AvgIpc) is 2.85. The molecule has 0 saturated heterocycles. The molecule has 0 radical (unpaired) electrons. The molecule has 0 aliphatic carbocycles. The summed E-state index contributed by atoms with van der Waals surface area (Å²) in [5.41, 5.74) is 3.97. The van der Waals surface area contributed by atoms with E-state index in [4.69, 9.17) is 4.98 Å². The minimum atomic E-state index is -0.331. The van der Waals surface area contributed by atoms with Crippen molar-refractivity contribution in [3.05, 3.63) is 102 Å². The van der Waals surface area contributed by atoms with Gasteiger partial charge in [0.05, 0.1) is 0 Å². The van der Waals surface area contributed by atoms with E-state index in [1.54, 1.807) is 18.3 Å². The molecule has 4 aromatic rings. The van der Waals surface area contributed by atoms with E-state index in [9.17, 15) is 9.18 Å². The summed E-state index contributed by atoms with van der Waals surface area (Å²) in [6, 6.07) is 19.7. The molecule has 2 aromatic carbocycles. The highest BCUT2D eigenvalue weighted by Crippen LogP contribution is 2.29. The smallest absolute Gasteiger partial charge is 0.256 e. The maximum Gasteiger partial charge on any atom is 0.256 e. The van der Waals surface area contributed by atoms with Gasteiger partial charge in [-0.15, -0.1) is 0 Å². The van der Waals surface area contributed by atoms with Gasteiger partial charge in [-0.3, -0.25) is 9.78 Å². The number of nitrogens with one attached hydrogen (secondary N) is 1. The summed E-state index contributed by atoms with van der Waals surface area (Å²) in [5.74, 6) is 0.328. The van der Waals surface area contributed by atoms with E-state index in [1.165, 1.54) is 18.3 Å². The van der Waals surface area contributed by atoms with Crippen LogP contribution in [0.1, 0.15) is 28.5 Å². The Bertz CT molecular complexity index is 1260.